The summed E-state index contributed by atoms with van der Waals surface area (Å²) in [6.45, 7) is 2.80. The van der Waals surface area contributed by atoms with Crippen LogP contribution in [0, 0.1) is 6.92 Å². The largest absolute Gasteiger partial charge is 0.470 e. The first-order valence-electron chi connectivity index (χ1n) is 7.61. The zero-order valence-corrected chi connectivity index (χ0v) is 13.0. The second kappa shape index (κ2) is 6.26. The van der Waals surface area contributed by atoms with Crippen molar-refractivity contribution in [3.05, 3.63) is 47.2 Å². The fourth-order valence-corrected chi connectivity index (χ4v) is 2.80. The molecule has 128 valence electrons. The highest BCUT2D eigenvalue weighted by Gasteiger charge is 2.39. The van der Waals surface area contributed by atoms with Crippen LogP contribution < -0.4 is 0 Å². The van der Waals surface area contributed by atoms with Crippen molar-refractivity contribution in [1.29, 1.82) is 0 Å². The van der Waals surface area contributed by atoms with Crippen molar-refractivity contribution in [3.8, 4) is 0 Å². The van der Waals surface area contributed by atoms with E-state index in [2.05, 4.69) is 10.2 Å². The number of hydrogen-bond acceptors (Lipinski definition) is 4. The van der Waals surface area contributed by atoms with Crippen LogP contribution in [0.1, 0.15) is 46.5 Å². The molecule has 0 radical (unpaired) electrons. The molecule has 0 spiro atoms. The molecule has 8 heteroatoms. The minimum absolute atomic E-state index is 0.00928. The van der Waals surface area contributed by atoms with Crippen LogP contribution in [0.4, 0.5) is 13.2 Å². The van der Waals surface area contributed by atoms with Crippen molar-refractivity contribution in [2.45, 2.75) is 31.9 Å². The number of hydrogen-bond donors (Lipinski definition) is 0. The van der Waals surface area contributed by atoms with Crippen LogP contribution in [-0.2, 0) is 6.18 Å². The van der Waals surface area contributed by atoms with Crippen molar-refractivity contribution < 1.29 is 22.4 Å². The molecule has 1 aromatic carbocycles. The Kier molecular flexibility index (Phi) is 4.29. The van der Waals surface area contributed by atoms with E-state index in [-0.39, 0.29) is 17.7 Å². The lowest BCUT2D eigenvalue weighted by atomic mass is 9.96. The lowest BCUT2D eigenvalue weighted by Crippen LogP contribution is -2.38. The van der Waals surface area contributed by atoms with Gasteiger partial charge in [-0.1, -0.05) is 17.7 Å². The normalized spacial score (nSPS) is 16.4. The number of amides is 1. The number of benzene rings is 1. The molecule has 0 N–H and O–H groups in total. The first-order valence-corrected chi connectivity index (χ1v) is 7.61. The van der Waals surface area contributed by atoms with E-state index in [0.717, 1.165) is 5.56 Å². The Labute approximate surface area is 136 Å². The smallest absolute Gasteiger partial charge is 0.417 e. The number of piperidine rings is 1. The standard InChI is InChI=1S/C16H16F3N3O2/c1-10-3-2-4-12(9-10)14(23)22-7-5-11(6-8-22)13-20-21-15(24-13)16(17,18)19/h2-4,9,11H,5-8H2,1H3. The van der Waals surface area contributed by atoms with E-state index in [1.54, 1.807) is 11.0 Å². The van der Waals surface area contributed by atoms with Gasteiger partial charge in [-0.3, -0.25) is 4.79 Å². The van der Waals surface area contributed by atoms with Crippen LogP contribution in [0.2, 0.25) is 0 Å². The second-order valence-electron chi connectivity index (χ2n) is 5.88. The molecule has 0 aliphatic carbocycles. The molecule has 1 aromatic heterocycles. The van der Waals surface area contributed by atoms with Crippen LogP contribution in [0.3, 0.4) is 0 Å². The highest BCUT2D eigenvalue weighted by atomic mass is 19.4. The molecule has 1 saturated heterocycles. The minimum atomic E-state index is -4.63. The number of alkyl halides is 3. The van der Waals surface area contributed by atoms with E-state index in [1.165, 1.54) is 0 Å². The topological polar surface area (TPSA) is 59.2 Å². The number of carbonyl (C=O) groups is 1. The zero-order valence-electron chi connectivity index (χ0n) is 13.0. The highest BCUT2D eigenvalue weighted by Crippen LogP contribution is 2.32. The monoisotopic (exact) mass is 339 g/mol. The maximum absolute atomic E-state index is 12.5. The Hall–Kier alpha value is -2.38. The lowest BCUT2D eigenvalue weighted by Gasteiger charge is -2.30. The van der Waals surface area contributed by atoms with Crippen LogP contribution in [0.25, 0.3) is 0 Å². The molecule has 0 bridgehead atoms. The summed E-state index contributed by atoms with van der Waals surface area (Å²) in [6.07, 6.45) is -3.64. The summed E-state index contributed by atoms with van der Waals surface area (Å²) in [6, 6.07) is 7.32. The number of halogens is 3. The van der Waals surface area contributed by atoms with Gasteiger partial charge in [0, 0.05) is 24.6 Å². The van der Waals surface area contributed by atoms with Crippen molar-refractivity contribution in [2.75, 3.05) is 13.1 Å². The van der Waals surface area contributed by atoms with Gasteiger partial charge in [-0.05, 0) is 31.9 Å². The third kappa shape index (κ3) is 3.42. The van der Waals surface area contributed by atoms with Gasteiger partial charge in [0.1, 0.15) is 0 Å². The Bertz CT molecular complexity index is 734. The van der Waals surface area contributed by atoms with E-state index in [1.807, 2.05) is 25.1 Å². The predicted molar refractivity (Wildman–Crippen MR) is 78.4 cm³/mol. The van der Waals surface area contributed by atoms with Crippen molar-refractivity contribution in [3.63, 3.8) is 0 Å². The average molecular weight is 339 g/mol. The van der Waals surface area contributed by atoms with Crippen LogP contribution in [-0.4, -0.2) is 34.1 Å². The van der Waals surface area contributed by atoms with Gasteiger partial charge in [-0.15, -0.1) is 10.2 Å². The molecule has 3 rings (SSSR count). The van der Waals surface area contributed by atoms with Crippen LogP contribution in [0.15, 0.2) is 28.7 Å². The van der Waals surface area contributed by atoms with Gasteiger partial charge in [0.2, 0.25) is 5.89 Å². The number of aromatic nitrogens is 2. The Balaban J connectivity index is 1.63. The molecule has 24 heavy (non-hydrogen) atoms. The lowest BCUT2D eigenvalue weighted by molar-refractivity contribution is -0.157. The number of aryl methyl sites for hydroxylation is 1. The summed E-state index contributed by atoms with van der Waals surface area (Å²) in [7, 11) is 0. The molecule has 0 atom stereocenters. The molecular formula is C16H16F3N3O2. The molecular weight excluding hydrogens is 323 g/mol. The summed E-state index contributed by atoms with van der Waals surface area (Å²) in [4.78, 5) is 14.2. The van der Waals surface area contributed by atoms with Gasteiger partial charge in [-0.2, -0.15) is 13.2 Å². The summed E-state index contributed by atoms with van der Waals surface area (Å²) in [5, 5.41) is 6.56. The Morgan fingerprint density at radius 2 is 1.96 bits per heavy atom. The van der Waals surface area contributed by atoms with Crippen molar-refractivity contribution in [1.82, 2.24) is 15.1 Å². The predicted octanol–water partition coefficient (Wildman–Crippen LogP) is 3.42. The number of carbonyl (C=O) groups excluding carboxylic acids is 1. The van der Waals surface area contributed by atoms with Crippen LogP contribution in [0.5, 0.6) is 0 Å². The summed E-state index contributed by atoms with van der Waals surface area (Å²) < 4.78 is 42.3. The van der Waals surface area contributed by atoms with Gasteiger partial charge < -0.3 is 9.32 Å². The average Bonchev–Trinajstić information content (AvgIpc) is 3.04. The molecule has 5 nitrogen and oxygen atoms in total. The van der Waals surface area contributed by atoms with Gasteiger partial charge in [-0.25, -0.2) is 0 Å². The minimum Gasteiger partial charge on any atom is -0.417 e. The van der Waals surface area contributed by atoms with Gasteiger partial charge >= 0.3 is 12.1 Å². The Morgan fingerprint density at radius 1 is 1.25 bits per heavy atom. The van der Waals surface area contributed by atoms with Gasteiger partial charge in [0.05, 0.1) is 0 Å². The second-order valence-corrected chi connectivity index (χ2v) is 5.88. The summed E-state index contributed by atoms with van der Waals surface area (Å²) >= 11 is 0. The highest BCUT2D eigenvalue weighted by molar-refractivity contribution is 5.94. The molecule has 0 saturated carbocycles. The van der Waals surface area contributed by atoms with Crippen molar-refractivity contribution in [2.24, 2.45) is 0 Å². The first-order chi connectivity index (χ1) is 11.3. The number of likely N-dealkylation sites (tertiary alicyclic amines) is 1. The van der Waals surface area contributed by atoms with Gasteiger partial charge in [0.15, 0.2) is 0 Å². The maximum atomic E-state index is 12.5. The van der Waals surface area contributed by atoms with Crippen molar-refractivity contribution >= 4 is 5.91 Å². The molecule has 1 aliphatic rings. The van der Waals surface area contributed by atoms with Gasteiger partial charge in [0.25, 0.3) is 5.91 Å². The van der Waals surface area contributed by atoms with E-state index >= 15 is 0 Å². The summed E-state index contributed by atoms with van der Waals surface area (Å²) in [5.74, 6) is -1.66. The van der Waals surface area contributed by atoms with E-state index < -0.39 is 12.1 Å². The summed E-state index contributed by atoms with van der Waals surface area (Å²) in [5.41, 5.74) is 1.62. The van der Waals surface area contributed by atoms with E-state index in [0.29, 0.717) is 31.5 Å². The fraction of sp³-hybridized carbons (Fsp3) is 0.438. The molecule has 1 amide bonds. The molecule has 1 fully saturated rings. The maximum Gasteiger partial charge on any atom is 0.470 e. The Morgan fingerprint density at radius 3 is 2.54 bits per heavy atom. The molecule has 0 unspecified atom stereocenters. The molecule has 2 heterocycles. The third-order valence-corrected chi connectivity index (χ3v) is 4.08. The SMILES string of the molecule is Cc1cccc(C(=O)N2CCC(c3nnc(C(F)(F)F)o3)CC2)c1. The number of rotatable bonds is 2. The number of nitrogens with zero attached hydrogens (tertiary/aromatic N) is 3. The molecule has 2 aromatic rings. The first kappa shape index (κ1) is 16.5. The van der Waals surface area contributed by atoms with E-state index in [4.69, 9.17) is 4.42 Å². The van der Waals surface area contributed by atoms with Crippen LogP contribution >= 0.6 is 0 Å². The molecule has 1 aliphatic heterocycles. The quantitative estimate of drug-likeness (QED) is 0.841. The third-order valence-electron chi connectivity index (χ3n) is 4.08. The fourth-order valence-electron chi connectivity index (χ4n) is 2.80. The zero-order chi connectivity index (χ0) is 17.3. The van der Waals surface area contributed by atoms with E-state index in [9.17, 15) is 18.0 Å².